The largest absolute Gasteiger partial charge is 0.492 e. The summed E-state index contributed by atoms with van der Waals surface area (Å²) in [5, 5.41) is 9.71. The van der Waals surface area contributed by atoms with E-state index in [1.165, 1.54) is 0 Å². The number of carboxylic acids is 1. The van der Waals surface area contributed by atoms with Crippen molar-refractivity contribution in [3.63, 3.8) is 0 Å². The number of ether oxygens (including phenoxy) is 1. The van der Waals surface area contributed by atoms with Gasteiger partial charge in [0.25, 0.3) is 0 Å². The van der Waals surface area contributed by atoms with Crippen molar-refractivity contribution in [2.45, 2.75) is 24.9 Å². The van der Waals surface area contributed by atoms with Gasteiger partial charge in [0.2, 0.25) is 0 Å². The van der Waals surface area contributed by atoms with Gasteiger partial charge in [-0.05, 0) is 24.6 Å². The van der Waals surface area contributed by atoms with Gasteiger partial charge in [-0.25, -0.2) is 0 Å². The number of carboxylic acid groups (broad SMARTS) is 1. The van der Waals surface area contributed by atoms with Crippen LogP contribution in [-0.2, 0) is 4.79 Å². The highest BCUT2D eigenvalue weighted by Gasteiger charge is 2.56. The van der Waals surface area contributed by atoms with Crippen LogP contribution in [0.5, 0.6) is 5.75 Å². The van der Waals surface area contributed by atoms with Gasteiger partial charge in [0, 0.05) is 25.4 Å². The Morgan fingerprint density at radius 2 is 2.13 bits per heavy atom. The van der Waals surface area contributed by atoms with E-state index in [-0.39, 0.29) is 32.0 Å². The third-order valence-corrected chi connectivity index (χ3v) is 4.75. The fourth-order valence-electron chi connectivity index (χ4n) is 3.61. The summed E-state index contributed by atoms with van der Waals surface area (Å²) in [6.07, 6.45) is -5.04. The van der Waals surface area contributed by atoms with Crippen LogP contribution in [0.1, 0.15) is 24.3 Å². The predicted molar refractivity (Wildman–Crippen MR) is 76.5 cm³/mol. The van der Waals surface area contributed by atoms with Gasteiger partial charge in [0.15, 0.2) is 0 Å². The van der Waals surface area contributed by atoms with Gasteiger partial charge in [0.05, 0.1) is 0 Å². The zero-order valence-corrected chi connectivity index (χ0v) is 12.5. The lowest BCUT2D eigenvalue weighted by Gasteiger charge is -2.35. The molecule has 1 saturated heterocycles. The molecule has 0 radical (unpaired) electrons. The first-order chi connectivity index (χ1) is 10.8. The molecular formula is C16H18F3NO3. The molecule has 0 spiro atoms. The van der Waals surface area contributed by atoms with Crippen LogP contribution >= 0.6 is 0 Å². The van der Waals surface area contributed by atoms with Gasteiger partial charge >= 0.3 is 12.1 Å². The highest BCUT2D eigenvalue weighted by Crippen LogP contribution is 2.49. The minimum Gasteiger partial charge on any atom is -0.492 e. The van der Waals surface area contributed by atoms with E-state index in [0.717, 1.165) is 5.56 Å². The number of para-hydroxylation sites is 1. The van der Waals surface area contributed by atoms with Crippen molar-refractivity contribution in [2.24, 2.45) is 5.41 Å². The summed E-state index contributed by atoms with van der Waals surface area (Å²) in [6.45, 7) is 0.969. The summed E-state index contributed by atoms with van der Waals surface area (Å²) in [6, 6.07) is 7.29. The molecule has 1 aromatic rings. The van der Waals surface area contributed by atoms with Crippen LogP contribution in [0.4, 0.5) is 13.2 Å². The second-order valence-electron chi connectivity index (χ2n) is 6.29. The van der Waals surface area contributed by atoms with Gasteiger partial charge in [-0.1, -0.05) is 18.2 Å². The fourth-order valence-corrected chi connectivity index (χ4v) is 3.61. The number of fused-ring (bicyclic) bond motifs is 3. The van der Waals surface area contributed by atoms with E-state index < -0.39 is 24.0 Å². The maximum absolute atomic E-state index is 12.3. The predicted octanol–water partition coefficient (Wildman–Crippen LogP) is 2.89. The molecule has 2 heterocycles. The van der Waals surface area contributed by atoms with E-state index in [0.29, 0.717) is 12.3 Å². The van der Waals surface area contributed by atoms with Crippen molar-refractivity contribution >= 4 is 5.97 Å². The lowest BCUT2D eigenvalue weighted by atomic mass is 9.73. The highest BCUT2D eigenvalue weighted by atomic mass is 19.4. The zero-order chi connectivity index (χ0) is 16.7. The number of benzene rings is 1. The van der Waals surface area contributed by atoms with E-state index in [1.54, 1.807) is 6.07 Å². The Bertz CT molecular complexity index is 604. The Morgan fingerprint density at radius 1 is 1.39 bits per heavy atom. The van der Waals surface area contributed by atoms with Gasteiger partial charge in [-0.3, -0.25) is 4.79 Å². The van der Waals surface area contributed by atoms with Crippen LogP contribution in [0.15, 0.2) is 24.3 Å². The normalized spacial score (nSPS) is 27.2. The second kappa shape index (κ2) is 5.70. The molecule has 2 atom stereocenters. The van der Waals surface area contributed by atoms with E-state index in [9.17, 15) is 23.1 Å². The SMILES string of the molecule is O=C(O)[C@]12COc3ccccc3[C@H]1CN(CCCC(F)(F)F)C2. The first-order valence-corrected chi connectivity index (χ1v) is 7.56. The molecule has 7 heteroatoms. The number of aliphatic carboxylic acids is 1. The molecule has 126 valence electrons. The first-order valence-electron chi connectivity index (χ1n) is 7.56. The molecule has 1 N–H and O–H groups in total. The van der Waals surface area contributed by atoms with Crippen LogP contribution in [0, 0.1) is 5.41 Å². The number of carbonyl (C=O) groups is 1. The van der Waals surface area contributed by atoms with Crippen LogP contribution < -0.4 is 4.74 Å². The van der Waals surface area contributed by atoms with Gasteiger partial charge in [-0.15, -0.1) is 0 Å². The average molecular weight is 329 g/mol. The lowest BCUT2D eigenvalue weighted by Crippen LogP contribution is -2.45. The molecule has 2 aliphatic rings. The van der Waals surface area contributed by atoms with E-state index >= 15 is 0 Å². The highest BCUT2D eigenvalue weighted by molar-refractivity contribution is 5.78. The van der Waals surface area contributed by atoms with E-state index in [1.807, 2.05) is 23.1 Å². The van der Waals surface area contributed by atoms with Crippen molar-refractivity contribution < 1.29 is 27.8 Å². The summed E-state index contributed by atoms with van der Waals surface area (Å²) >= 11 is 0. The van der Waals surface area contributed by atoms with Crippen molar-refractivity contribution in [3.05, 3.63) is 29.8 Å². The van der Waals surface area contributed by atoms with Crippen LogP contribution in [0.25, 0.3) is 0 Å². The Hall–Kier alpha value is -1.76. The average Bonchev–Trinajstić information content (AvgIpc) is 2.86. The quantitative estimate of drug-likeness (QED) is 0.923. The third-order valence-electron chi connectivity index (χ3n) is 4.75. The molecule has 0 saturated carbocycles. The van der Waals surface area contributed by atoms with Gasteiger partial charge in [-0.2, -0.15) is 13.2 Å². The van der Waals surface area contributed by atoms with Crippen molar-refractivity contribution in [1.82, 2.24) is 4.90 Å². The third kappa shape index (κ3) is 3.02. The molecule has 0 aliphatic carbocycles. The number of likely N-dealkylation sites (tertiary alicyclic amines) is 1. The Morgan fingerprint density at radius 3 is 2.83 bits per heavy atom. The summed E-state index contributed by atoms with van der Waals surface area (Å²) in [5.41, 5.74) is -0.244. The lowest BCUT2D eigenvalue weighted by molar-refractivity contribution is -0.152. The van der Waals surface area contributed by atoms with Crippen molar-refractivity contribution in [2.75, 3.05) is 26.2 Å². The van der Waals surface area contributed by atoms with Crippen molar-refractivity contribution in [3.8, 4) is 5.75 Å². The number of alkyl halides is 3. The monoisotopic (exact) mass is 329 g/mol. The topological polar surface area (TPSA) is 49.8 Å². The Kier molecular flexibility index (Phi) is 4.00. The molecular weight excluding hydrogens is 311 g/mol. The minimum absolute atomic E-state index is 0.0194. The molecule has 0 aromatic heterocycles. The smallest absolute Gasteiger partial charge is 0.389 e. The number of hydrogen-bond acceptors (Lipinski definition) is 3. The molecule has 0 bridgehead atoms. The molecule has 1 fully saturated rings. The summed E-state index contributed by atoms with van der Waals surface area (Å²) in [4.78, 5) is 13.7. The molecule has 4 nitrogen and oxygen atoms in total. The Balaban J connectivity index is 1.77. The van der Waals surface area contributed by atoms with Crippen LogP contribution in [0.2, 0.25) is 0 Å². The molecule has 23 heavy (non-hydrogen) atoms. The molecule has 0 unspecified atom stereocenters. The van der Waals surface area contributed by atoms with E-state index in [4.69, 9.17) is 4.74 Å². The van der Waals surface area contributed by atoms with E-state index in [2.05, 4.69) is 0 Å². The maximum atomic E-state index is 12.3. The second-order valence-corrected chi connectivity index (χ2v) is 6.29. The zero-order valence-electron chi connectivity index (χ0n) is 12.5. The van der Waals surface area contributed by atoms with Crippen LogP contribution in [-0.4, -0.2) is 48.4 Å². The first kappa shape index (κ1) is 16.1. The molecule has 0 amide bonds. The number of nitrogens with zero attached hydrogens (tertiary/aromatic N) is 1. The Labute approximate surface area is 131 Å². The fraction of sp³-hybridized carbons (Fsp3) is 0.562. The number of rotatable bonds is 4. The summed E-state index contributed by atoms with van der Waals surface area (Å²) in [5.74, 6) is -0.530. The standard InChI is InChI=1S/C16H18F3NO3/c17-16(18,19)6-3-7-20-8-12-11-4-1-2-5-13(11)23-10-15(12,9-20)14(21)22/h1-2,4-5,12H,3,6-10H2,(H,21,22)/t12-,15-/m1/s1. The summed E-state index contributed by atoms with van der Waals surface area (Å²) < 4.78 is 42.5. The van der Waals surface area contributed by atoms with Gasteiger partial charge in [0.1, 0.15) is 17.8 Å². The molecule has 2 aliphatic heterocycles. The molecule has 1 aromatic carbocycles. The van der Waals surface area contributed by atoms with Crippen LogP contribution in [0.3, 0.4) is 0 Å². The minimum atomic E-state index is -4.17. The number of hydrogen-bond donors (Lipinski definition) is 1. The maximum Gasteiger partial charge on any atom is 0.389 e. The molecule has 3 rings (SSSR count). The number of halogens is 3. The summed E-state index contributed by atoms with van der Waals surface area (Å²) in [7, 11) is 0. The van der Waals surface area contributed by atoms with Gasteiger partial charge < -0.3 is 14.7 Å². The van der Waals surface area contributed by atoms with Crippen molar-refractivity contribution in [1.29, 1.82) is 0 Å².